The van der Waals surface area contributed by atoms with Crippen LogP contribution >= 0.6 is 0 Å². The van der Waals surface area contributed by atoms with Gasteiger partial charge >= 0.3 is 12.2 Å². The summed E-state index contributed by atoms with van der Waals surface area (Å²) in [5, 5.41) is 8.94. The summed E-state index contributed by atoms with van der Waals surface area (Å²) in [6.45, 7) is 3.54. The van der Waals surface area contributed by atoms with E-state index in [0.717, 1.165) is 0 Å². The van der Waals surface area contributed by atoms with Crippen molar-refractivity contribution < 1.29 is 22.5 Å². The smallest absolute Gasteiger partial charge is 0.359 e. The molecule has 0 aliphatic rings. The zero-order valence-corrected chi connectivity index (χ0v) is 13.3. The Balaban J connectivity index is 2.01. The molecule has 0 aliphatic carbocycles. The van der Waals surface area contributed by atoms with Crippen molar-refractivity contribution in [3.05, 3.63) is 46.8 Å². The molecule has 0 spiro atoms. The molecule has 24 heavy (non-hydrogen) atoms. The lowest BCUT2D eigenvalue weighted by molar-refractivity contribution is -0.127. The summed E-state index contributed by atoms with van der Waals surface area (Å²) in [4.78, 5) is 12.0. The number of anilines is 1. The summed E-state index contributed by atoms with van der Waals surface area (Å²) in [7, 11) is 0. The fourth-order valence-corrected chi connectivity index (χ4v) is 2.27. The molecule has 1 heterocycles. The van der Waals surface area contributed by atoms with Crippen molar-refractivity contribution in [1.82, 2.24) is 10.5 Å². The van der Waals surface area contributed by atoms with Gasteiger partial charge < -0.3 is 15.2 Å². The summed E-state index contributed by atoms with van der Waals surface area (Å²) in [5.74, 6) is 0.542. The van der Waals surface area contributed by atoms with Crippen LogP contribution in [-0.2, 0) is 19.4 Å². The molecule has 0 fully saturated rings. The van der Waals surface area contributed by atoms with Crippen LogP contribution in [0, 0.1) is 6.92 Å². The number of nitrogens with zero attached hydrogens (tertiary/aromatic N) is 1. The molecule has 5 nitrogen and oxygen atoms in total. The second-order valence-corrected chi connectivity index (χ2v) is 5.29. The van der Waals surface area contributed by atoms with E-state index >= 15 is 0 Å². The maximum Gasteiger partial charge on any atom is 0.393 e. The third kappa shape index (κ3) is 4.74. The monoisotopic (exact) mass is 341 g/mol. The minimum Gasteiger partial charge on any atom is -0.359 e. The van der Waals surface area contributed by atoms with E-state index in [2.05, 4.69) is 15.8 Å². The van der Waals surface area contributed by atoms with Crippen molar-refractivity contribution in [3.8, 4) is 0 Å². The van der Waals surface area contributed by atoms with Gasteiger partial charge in [0.2, 0.25) is 0 Å². The molecule has 1 aromatic heterocycles. The molecule has 0 radical (unpaired) electrons. The number of carbonyl (C=O) groups excluding carboxylic acids is 1. The Hall–Kier alpha value is -2.51. The Morgan fingerprint density at radius 1 is 1.25 bits per heavy atom. The molecule has 8 heteroatoms. The van der Waals surface area contributed by atoms with Crippen molar-refractivity contribution in [3.63, 3.8) is 0 Å². The van der Waals surface area contributed by atoms with E-state index < -0.39 is 18.6 Å². The van der Waals surface area contributed by atoms with Crippen LogP contribution in [0.1, 0.15) is 29.5 Å². The van der Waals surface area contributed by atoms with Crippen molar-refractivity contribution in [2.45, 2.75) is 39.4 Å². The zero-order chi connectivity index (χ0) is 17.7. The summed E-state index contributed by atoms with van der Waals surface area (Å²) < 4.78 is 42.8. The fraction of sp³-hybridized carbons (Fsp3) is 0.375. The molecular formula is C16H18F3N3O2. The topological polar surface area (TPSA) is 67.2 Å². The number of rotatable bonds is 5. The molecule has 1 aromatic carbocycles. The normalized spacial score (nSPS) is 11.4. The number of hydrogen-bond acceptors (Lipinski definition) is 3. The molecular weight excluding hydrogens is 323 g/mol. The van der Waals surface area contributed by atoms with Crippen LogP contribution in [0.5, 0.6) is 0 Å². The van der Waals surface area contributed by atoms with Gasteiger partial charge in [0.1, 0.15) is 11.4 Å². The lowest BCUT2D eigenvalue weighted by Gasteiger charge is -2.13. The van der Waals surface area contributed by atoms with Crippen molar-refractivity contribution in [2.24, 2.45) is 0 Å². The van der Waals surface area contributed by atoms with E-state index in [1.165, 1.54) is 6.07 Å². The largest absolute Gasteiger partial charge is 0.393 e. The quantitative estimate of drug-likeness (QED) is 0.865. The number of alkyl halides is 3. The third-order valence-corrected chi connectivity index (χ3v) is 3.44. The van der Waals surface area contributed by atoms with Crippen LogP contribution in [0.15, 0.2) is 28.8 Å². The molecule has 2 aromatic rings. The van der Waals surface area contributed by atoms with Crippen LogP contribution in [0.25, 0.3) is 0 Å². The van der Waals surface area contributed by atoms with E-state index in [-0.39, 0.29) is 12.1 Å². The van der Waals surface area contributed by atoms with Crippen LogP contribution < -0.4 is 10.6 Å². The maximum absolute atomic E-state index is 12.6. The van der Waals surface area contributed by atoms with Gasteiger partial charge in [0.25, 0.3) is 0 Å². The highest BCUT2D eigenvalue weighted by atomic mass is 19.4. The number of nitrogens with one attached hydrogen (secondary N) is 2. The van der Waals surface area contributed by atoms with Crippen LogP contribution in [0.3, 0.4) is 0 Å². The van der Waals surface area contributed by atoms with Gasteiger partial charge in [-0.1, -0.05) is 36.3 Å². The molecule has 2 rings (SSSR count). The number of benzene rings is 1. The van der Waals surface area contributed by atoms with E-state index in [1.54, 1.807) is 25.1 Å². The number of urea groups is 1. The van der Waals surface area contributed by atoms with E-state index in [9.17, 15) is 18.0 Å². The molecule has 0 saturated heterocycles. The average molecular weight is 341 g/mol. The summed E-state index contributed by atoms with van der Waals surface area (Å²) in [6, 6.07) is 5.61. The Labute approximate surface area is 137 Å². The second-order valence-electron chi connectivity index (χ2n) is 5.29. The van der Waals surface area contributed by atoms with E-state index in [1.807, 2.05) is 6.92 Å². The molecule has 2 amide bonds. The van der Waals surface area contributed by atoms with Crippen LogP contribution in [0.2, 0.25) is 0 Å². The van der Waals surface area contributed by atoms with Gasteiger partial charge in [0.15, 0.2) is 5.76 Å². The maximum atomic E-state index is 12.6. The molecule has 0 bridgehead atoms. The number of hydrogen-bond donors (Lipinski definition) is 2. The highest BCUT2D eigenvalue weighted by Crippen LogP contribution is 2.23. The number of amides is 2. The summed E-state index contributed by atoms with van der Waals surface area (Å²) >= 11 is 0. The first kappa shape index (κ1) is 17.8. The summed E-state index contributed by atoms with van der Waals surface area (Å²) in [6.07, 6.45) is -4.77. The number of aryl methyl sites for hydroxylation is 2. The van der Waals surface area contributed by atoms with Crippen LogP contribution in [-0.4, -0.2) is 17.4 Å². The molecule has 2 N–H and O–H groups in total. The molecule has 0 atom stereocenters. The van der Waals surface area contributed by atoms with Crippen molar-refractivity contribution >= 4 is 11.7 Å². The van der Waals surface area contributed by atoms with Crippen LogP contribution in [0.4, 0.5) is 23.7 Å². The predicted molar refractivity (Wildman–Crippen MR) is 82.7 cm³/mol. The fourth-order valence-electron chi connectivity index (χ4n) is 2.27. The first-order chi connectivity index (χ1) is 11.3. The lowest BCUT2D eigenvalue weighted by atomic mass is 10.0. The van der Waals surface area contributed by atoms with Crippen molar-refractivity contribution in [1.29, 1.82) is 0 Å². The third-order valence-electron chi connectivity index (χ3n) is 3.44. The minimum atomic E-state index is -4.30. The lowest BCUT2D eigenvalue weighted by Crippen LogP contribution is -2.29. The highest BCUT2D eigenvalue weighted by molar-refractivity contribution is 5.90. The Morgan fingerprint density at radius 3 is 2.54 bits per heavy atom. The number of carbonyl (C=O) groups is 1. The van der Waals surface area contributed by atoms with E-state index in [4.69, 9.17) is 4.52 Å². The zero-order valence-electron chi connectivity index (χ0n) is 13.3. The number of halogens is 3. The van der Waals surface area contributed by atoms with Gasteiger partial charge in [-0.05, 0) is 18.1 Å². The van der Waals surface area contributed by atoms with Gasteiger partial charge in [-0.15, -0.1) is 0 Å². The molecule has 130 valence electrons. The standard InChI is InChI=1S/C16H18F3N3O2/c1-3-13-14(10(2)22-24-13)21-15(23)20-9-12-7-5-4-6-11(12)8-16(17,18)19/h4-7H,3,8-9H2,1-2H3,(H2,20,21,23). The van der Waals surface area contributed by atoms with Gasteiger partial charge in [-0.2, -0.15) is 13.2 Å². The predicted octanol–water partition coefficient (Wildman–Crippen LogP) is 3.97. The minimum absolute atomic E-state index is 0.0100. The molecule has 0 saturated carbocycles. The SMILES string of the molecule is CCc1onc(C)c1NC(=O)NCc1ccccc1CC(F)(F)F. The van der Waals surface area contributed by atoms with E-state index in [0.29, 0.717) is 29.1 Å². The average Bonchev–Trinajstić information content (AvgIpc) is 2.85. The first-order valence-electron chi connectivity index (χ1n) is 7.43. The van der Waals surface area contributed by atoms with Crippen molar-refractivity contribution in [2.75, 3.05) is 5.32 Å². The Kier molecular flexibility index (Phi) is 5.48. The van der Waals surface area contributed by atoms with Gasteiger partial charge in [0, 0.05) is 13.0 Å². The molecule has 0 aliphatic heterocycles. The second kappa shape index (κ2) is 7.37. The highest BCUT2D eigenvalue weighted by Gasteiger charge is 2.28. The van der Waals surface area contributed by atoms with Gasteiger partial charge in [-0.25, -0.2) is 4.79 Å². The Morgan fingerprint density at radius 2 is 1.92 bits per heavy atom. The Bertz CT molecular complexity index is 711. The van der Waals surface area contributed by atoms with Gasteiger partial charge in [0.05, 0.1) is 6.42 Å². The summed E-state index contributed by atoms with van der Waals surface area (Å²) in [5.41, 5.74) is 1.58. The molecule has 0 unspecified atom stereocenters. The van der Waals surface area contributed by atoms with Gasteiger partial charge in [-0.3, -0.25) is 0 Å². The number of aromatic nitrogens is 1. The first-order valence-corrected chi connectivity index (χ1v) is 7.43.